The smallest absolute Gasteiger partial charge is 0.109 e. The summed E-state index contributed by atoms with van der Waals surface area (Å²) in [6.45, 7) is 0. The predicted octanol–water partition coefficient (Wildman–Crippen LogP) is 1.57. The first-order chi connectivity index (χ1) is 7.76. The number of hydrogen-bond acceptors (Lipinski definition) is 3. The van der Waals surface area contributed by atoms with E-state index in [-0.39, 0.29) is 0 Å². The van der Waals surface area contributed by atoms with Gasteiger partial charge in [0.15, 0.2) is 0 Å². The van der Waals surface area contributed by atoms with Crippen LogP contribution in [-0.2, 0) is 5.60 Å². The highest BCUT2D eigenvalue weighted by molar-refractivity contribution is 5.16. The summed E-state index contributed by atoms with van der Waals surface area (Å²) in [7, 11) is 0. The van der Waals surface area contributed by atoms with E-state index in [4.69, 9.17) is 0 Å². The molecule has 1 aromatic rings. The highest BCUT2D eigenvalue weighted by Crippen LogP contribution is 2.38. The zero-order chi connectivity index (χ0) is 11.0. The van der Waals surface area contributed by atoms with Gasteiger partial charge in [-0.1, -0.05) is 12.5 Å². The number of fused-ring (bicyclic) bond motifs is 2. The lowest BCUT2D eigenvalue weighted by molar-refractivity contribution is -0.0392. The van der Waals surface area contributed by atoms with Gasteiger partial charge in [-0.15, -0.1) is 0 Å². The van der Waals surface area contributed by atoms with Crippen LogP contribution in [0, 0.1) is 0 Å². The van der Waals surface area contributed by atoms with Crippen LogP contribution in [0.2, 0.25) is 0 Å². The quantitative estimate of drug-likeness (QED) is 0.752. The average Bonchev–Trinajstić information content (AvgIpc) is 2.29. The van der Waals surface area contributed by atoms with Gasteiger partial charge < -0.3 is 10.4 Å². The van der Waals surface area contributed by atoms with E-state index in [1.807, 2.05) is 18.2 Å². The fraction of sp³-hybridized carbons (Fsp3) is 0.615. The van der Waals surface area contributed by atoms with Gasteiger partial charge in [-0.2, -0.15) is 0 Å². The van der Waals surface area contributed by atoms with Crippen LogP contribution in [-0.4, -0.2) is 22.2 Å². The van der Waals surface area contributed by atoms with Gasteiger partial charge in [0.1, 0.15) is 5.60 Å². The van der Waals surface area contributed by atoms with Gasteiger partial charge in [0.25, 0.3) is 0 Å². The molecule has 2 saturated heterocycles. The van der Waals surface area contributed by atoms with Crippen LogP contribution in [0.25, 0.3) is 0 Å². The van der Waals surface area contributed by atoms with Gasteiger partial charge in [0.05, 0.1) is 5.69 Å². The lowest BCUT2D eigenvalue weighted by Crippen LogP contribution is -2.54. The van der Waals surface area contributed by atoms with Crippen molar-refractivity contribution in [1.29, 1.82) is 0 Å². The maximum absolute atomic E-state index is 10.7. The highest BCUT2D eigenvalue weighted by atomic mass is 16.3. The number of pyridine rings is 1. The highest BCUT2D eigenvalue weighted by Gasteiger charge is 2.42. The number of nitrogens with zero attached hydrogens (tertiary/aromatic N) is 1. The standard InChI is InChI=1S/C13H18N2O/c16-13(12-6-1-2-7-14-12)8-10-4-3-5-11(9-13)15-10/h1-2,6-7,10-11,15-16H,3-5,8-9H2. The maximum atomic E-state index is 10.7. The molecule has 16 heavy (non-hydrogen) atoms. The molecule has 0 aliphatic carbocycles. The van der Waals surface area contributed by atoms with Crippen molar-refractivity contribution >= 4 is 0 Å². The largest absolute Gasteiger partial charge is 0.383 e. The van der Waals surface area contributed by atoms with Gasteiger partial charge in [0, 0.05) is 18.3 Å². The minimum absolute atomic E-state index is 0.472. The second kappa shape index (κ2) is 3.82. The van der Waals surface area contributed by atoms with Crippen molar-refractivity contribution < 1.29 is 5.11 Å². The Hall–Kier alpha value is -0.930. The summed E-state index contributed by atoms with van der Waals surface area (Å²) < 4.78 is 0. The Labute approximate surface area is 95.9 Å². The van der Waals surface area contributed by atoms with E-state index in [9.17, 15) is 5.11 Å². The SMILES string of the molecule is OC1(c2ccccn2)CC2CCCC(C1)N2. The van der Waals surface area contributed by atoms with E-state index in [0.29, 0.717) is 12.1 Å². The monoisotopic (exact) mass is 218 g/mol. The van der Waals surface area contributed by atoms with Crippen molar-refractivity contribution in [3.8, 4) is 0 Å². The van der Waals surface area contributed by atoms with E-state index in [0.717, 1.165) is 18.5 Å². The molecule has 3 heteroatoms. The van der Waals surface area contributed by atoms with Crippen molar-refractivity contribution in [3.63, 3.8) is 0 Å². The van der Waals surface area contributed by atoms with Crippen molar-refractivity contribution in [2.45, 2.75) is 49.8 Å². The zero-order valence-corrected chi connectivity index (χ0v) is 9.39. The van der Waals surface area contributed by atoms with E-state index < -0.39 is 5.60 Å². The number of rotatable bonds is 1. The summed E-state index contributed by atoms with van der Waals surface area (Å²) in [5.74, 6) is 0. The van der Waals surface area contributed by atoms with Crippen LogP contribution in [0.15, 0.2) is 24.4 Å². The molecule has 0 radical (unpaired) electrons. The van der Waals surface area contributed by atoms with Crippen molar-refractivity contribution in [1.82, 2.24) is 10.3 Å². The Morgan fingerprint density at radius 3 is 2.62 bits per heavy atom. The molecule has 2 unspecified atom stereocenters. The fourth-order valence-corrected chi connectivity index (χ4v) is 3.18. The van der Waals surface area contributed by atoms with Crippen LogP contribution < -0.4 is 5.32 Å². The van der Waals surface area contributed by atoms with Crippen LogP contribution in [0.3, 0.4) is 0 Å². The summed E-state index contributed by atoms with van der Waals surface area (Å²) in [6.07, 6.45) is 7.05. The molecule has 2 N–H and O–H groups in total. The van der Waals surface area contributed by atoms with Crippen LogP contribution in [0.5, 0.6) is 0 Å². The maximum Gasteiger partial charge on any atom is 0.109 e. The molecule has 0 spiro atoms. The third-order valence-corrected chi connectivity index (χ3v) is 3.89. The third-order valence-electron chi connectivity index (χ3n) is 3.89. The fourth-order valence-electron chi connectivity index (χ4n) is 3.18. The summed E-state index contributed by atoms with van der Waals surface area (Å²) >= 11 is 0. The first-order valence-corrected chi connectivity index (χ1v) is 6.16. The molecular formula is C13H18N2O. The summed E-state index contributed by atoms with van der Waals surface area (Å²) in [6, 6.07) is 6.74. The summed E-state index contributed by atoms with van der Waals surface area (Å²) in [5, 5.41) is 14.3. The molecule has 0 amide bonds. The van der Waals surface area contributed by atoms with E-state index in [1.165, 1.54) is 19.3 Å². The lowest BCUT2D eigenvalue weighted by atomic mass is 9.75. The van der Waals surface area contributed by atoms with Crippen molar-refractivity contribution in [2.24, 2.45) is 0 Å². The number of aliphatic hydroxyl groups is 1. The van der Waals surface area contributed by atoms with Gasteiger partial charge in [-0.25, -0.2) is 0 Å². The Balaban J connectivity index is 1.88. The molecule has 1 aromatic heterocycles. The third kappa shape index (κ3) is 1.74. The van der Waals surface area contributed by atoms with E-state index in [2.05, 4.69) is 10.3 Å². The molecule has 0 saturated carbocycles. The second-order valence-corrected chi connectivity index (χ2v) is 5.15. The number of aromatic nitrogens is 1. The van der Waals surface area contributed by atoms with Crippen molar-refractivity contribution in [2.75, 3.05) is 0 Å². The average molecular weight is 218 g/mol. The molecule has 86 valence electrons. The molecule has 2 fully saturated rings. The molecule has 3 nitrogen and oxygen atoms in total. The minimum Gasteiger partial charge on any atom is -0.383 e. The van der Waals surface area contributed by atoms with Gasteiger partial charge in [-0.05, 0) is 37.8 Å². The van der Waals surface area contributed by atoms with Gasteiger partial charge in [-0.3, -0.25) is 4.98 Å². The van der Waals surface area contributed by atoms with Gasteiger partial charge in [0.2, 0.25) is 0 Å². The Bertz CT molecular complexity index is 353. The Kier molecular flexibility index (Phi) is 2.45. The second-order valence-electron chi connectivity index (χ2n) is 5.15. The zero-order valence-electron chi connectivity index (χ0n) is 9.39. The summed E-state index contributed by atoms with van der Waals surface area (Å²) in [5.41, 5.74) is 0.135. The van der Waals surface area contributed by atoms with Crippen LogP contribution >= 0.6 is 0 Å². The summed E-state index contributed by atoms with van der Waals surface area (Å²) in [4.78, 5) is 4.32. The molecule has 3 rings (SSSR count). The molecule has 2 aliphatic heterocycles. The van der Waals surface area contributed by atoms with E-state index in [1.54, 1.807) is 6.20 Å². The number of hydrogen-bond donors (Lipinski definition) is 2. The number of nitrogens with one attached hydrogen (secondary N) is 1. The normalized spacial score (nSPS) is 38.3. The molecular weight excluding hydrogens is 200 g/mol. The first-order valence-electron chi connectivity index (χ1n) is 6.16. The Morgan fingerprint density at radius 2 is 2.00 bits per heavy atom. The minimum atomic E-state index is -0.706. The predicted molar refractivity (Wildman–Crippen MR) is 61.9 cm³/mol. The lowest BCUT2D eigenvalue weighted by Gasteiger charge is -2.44. The first kappa shape index (κ1) is 10.2. The molecule has 0 aromatic carbocycles. The Morgan fingerprint density at radius 1 is 1.25 bits per heavy atom. The molecule has 2 bridgehead atoms. The topological polar surface area (TPSA) is 45.2 Å². The van der Waals surface area contributed by atoms with E-state index >= 15 is 0 Å². The number of piperidine rings is 2. The van der Waals surface area contributed by atoms with Gasteiger partial charge >= 0.3 is 0 Å². The van der Waals surface area contributed by atoms with Crippen LogP contribution in [0.4, 0.5) is 0 Å². The van der Waals surface area contributed by atoms with Crippen LogP contribution in [0.1, 0.15) is 37.8 Å². The molecule has 2 aliphatic rings. The van der Waals surface area contributed by atoms with Crippen molar-refractivity contribution in [3.05, 3.63) is 30.1 Å². The molecule has 3 heterocycles. The molecule has 2 atom stereocenters.